The zero-order valence-corrected chi connectivity index (χ0v) is 8.98. The molecule has 0 spiro atoms. The van der Waals surface area contributed by atoms with Crippen molar-refractivity contribution in [1.82, 2.24) is 9.55 Å². The van der Waals surface area contributed by atoms with Crippen LogP contribution in [0.15, 0.2) is 12.5 Å². The van der Waals surface area contributed by atoms with Gasteiger partial charge in [0.2, 0.25) is 0 Å². The average Bonchev–Trinajstić information content (AvgIpc) is 2.82. The second kappa shape index (κ2) is 3.73. The molecule has 1 aliphatic carbocycles. The van der Waals surface area contributed by atoms with Crippen molar-refractivity contribution >= 4 is 0 Å². The molecule has 1 heterocycles. The first-order valence-electron chi connectivity index (χ1n) is 5.49. The Morgan fingerprint density at radius 3 is 3.07 bits per heavy atom. The number of imidazole rings is 1. The Morgan fingerprint density at radius 2 is 2.50 bits per heavy atom. The first kappa shape index (κ1) is 9.71. The highest BCUT2D eigenvalue weighted by atomic mass is 15.1. The van der Waals surface area contributed by atoms with Crippen LogP contribution in [0.25, 0.3) is 0 Å². The van der Waals surface area contributed by atoms with Gasteiger partial charge in [-0.2, -0.15) is 0 Å². The maximum Gasteiger partial charge on any atom is 0.0948 e. The summed E-state index contributed by atoms with van der Waals surface area (Å²) >= 11 is 0. The molecule has 2 rings (SSSR count). The van der Waals surface area contributed by atoms with Crippen LogP contribution >= 0.6 is 0 Å². The van der Waals surface area contributed by atoms with E-state index in [0.717, 1.165) is 6.54 Å². The van der Waals surface area contributed by atoms with Gasteiger partial charge in [0.1, 0.15) is 0 Å². The Hall–Kier alpha value is -0.830. The largest absolute Gasteiger partial charge is 0.334 e. The van der Waals surface area contributed by atoms with Gasteiger partial charge in [-0.1, -0.05) is 6.92 Å². The standard InChI is InChI=1S/C11H19N3/c1-3-4-14-7-13-6-11(14)10-5-9(10)8(2)12/h6-10H,3-5,12H2,1-2H3. The third kappa shape index (κ3) is 1.69. The quantitative estimate of drug-likeness (QED) is 0.791. The van der Waals surface area contributed by atoms with Crippen molar-refractivity contribution in [3.63, 3.8) is 0 Å². The van der Waals surface area contributed by atoms with Gasteiger partial charge in [-0.3, -0.25) is 0 Å². The molecular formula is C11H19N3. The number of rotatable bonds is 4. The summed E-state index contributed by atoms with van der Waals surface area (Å²) in [7, 11) is 0. The maximum absolute atomic E-state index is 5.89. The zero-order valence-electron chi connectivity index (χ0n) is 8.98. The zero-order chi connectivity index (χ0) is 10.1. The lowest BCUT2D eigenvalue weighted by Crippen LogP contribution is -2.18. The summed E-state index contributed by atoms with van der Waals surface area (Å²) in [5, 5.41) is 0. The Morgan fingerprint density at radius 1 is 1.71 bits per heavy atom. The number of aryl methyl sites for hydroxylation is 1. The fraction of sp³-hybridized carbons (Fsp3) is 0.727. The Balaban J connectivity index is 2.07. The van der Waals surface area contributed by atoms with Crippen LogP contribution in [-0.4, -0.2) is 15.6 Å². The van der Waals surface area contributed by atoms with Crippen LogP contribution in [-0.2, 0) is 6.54 Å². The Bertz CT molecular complexity index is 303. The van der Waals surface area contributed by atoms with Gasteiger partial charge in [0, 0.05) is 30.4 Å². The first-order valence-corrected chi connectivity index (χ1v) is 5.49. The van der Waals surface area contributed by atoms with E-state index in [2.05, 4.69) is 23.4 Å². The second-order valence-electron chi connectivity index (χ2n) is 4.38. The van der Waals surface area contributed by atoms with Gasteiger partial charge < -0.3 is 10.3 Å². The van der Waals surface area contributed by atoms with Gasteiger partial charge in [0.15, 0.2) is 0 Å². The van der Waals surface area contributed by atoms with Crippen molar-refractivity contribution in [3.05, 3.63) is 18.2 Å². The topological polar surface area (TPSA) is 43.8 Å². The SMILES string of the molecule is CCCn1cncc1C1CC1C(C)N. The van der Waals surface area contributed by atoms with Gasteiger partial charge in [0.25, 0.3) is 0 Å². The molecule has 0 bridgehead atoms. The predicted molar refractivity (Wildman–Crippen MR) is 57.0 cm³/mol. The van der Waals surface area contributed by atoms with Gasteiger partial charge >= 0.3 is 0 Å². The molecule has 78 valence electrons. The molecule has 1 aromatic heterocycles. The normalized spacial score (nSPS) is 27.6. The summed E-state index contributed by atoms with van der Waals surface area (Å²) in [6, 6.07) is 0.324. The predicted octanol–water partition coefficient (Wildman–Crippen LogP) is 1.74. The maximum atomic E-state index is 5.89. The lowest BCUT2D eigenvalue weighted by Gasteiger charge is -2.07. The minimum absolute atomic E-state index is 0.324. The van der Waals surface area contributed by atoms with Gasteiger partial charge in [-0.25, -0.2) is 4.98 Å². The van der Waals surface area contributed by atoms with Gasteiger partial charge in [-0.15, -0.1) is 0 Å². The van der Waals surface area contributed by atoms with Crippen molar-refractivity contribution in [2.45, 2.75) is 45.2 Å². The number of aromatic nitrogens is 2. The Kier molecular flexibility index (Phi) is 2.59. The van der Waals surface area contributed by atoms with Crippen LogP contribution in [0.1, 0.15) is 38.3 Å². The lowest BCUT2D eigenvalue weighted by atomic mass is 10.1. The summed E-state index contributed by atoms with van der Waals surface area (Å²) in [6.45, 7) is 5.38. The smallest absolute Gasteiger partial charge is 0.0948 e. The summed E-state index contributed by atoms with van der Waals surface area (Å²) in [5.41, 5.74) is 7.27. The van der Waals surface area contributed by atoms with E-state index in [4.69, 9.17) is 5.73 Å². The number of nitrogens with zero attached hydrogens (tertiary/aromatic N) is 2. The molecule has 1 saturated carbocycles. The fourth-order valence-electron chi connectivity index (χ4n) is 2.20. The number of nitrogens with two attached hydrogens (primary N) is 1. The molecular weight excluding hydrogens is 174 g/mol. The molecule has 0 aliphatic heterocycles. The minimum Gasteiger partial charge on any atom is -0.334 e. The summed E-state index contributed by atoms with van der Waals surface area (Å²) < 4.78 is 2.27. The fourth-order valence-corrected chi connectivity index (χ4v) is 2.20. The molecule has 0 amide bonds. The average molecular weight is 193 g/mol. The monoisotopic (exact) mass is 193 g/mol. The van der Waals surface area contributed by atoms with E-state index in [0.29, 0.717) is 17.9 Å². The molecule has 0 aromatic carbocycles. The second-order valence-corrected chi connectivity index (χ2v) is 4.38. The number of hydrogen-bond donors (Lipinski definition) is 1. The van der Waals surface area contributed by atoms with E-state index in [9.17, 15) is 0 Å². The third-order valence-electron chi connectivity index (χ3n) is 3.10. The molecule has 1 fully saturated rings. The molecule has 1 aromatic rings. The highest BCUT2D eigenvalue weighted by Crippen LogP contribution is 2.48. The van der Waals surface area contributed by atoms with Crippen LogP contribution in [0.4, 0.5) is 0 Å². The van der Waals surface area contributed by atoms with E-state index in [1.165, 1.54) is 18.5 Å². The van der Waals surface area contributed by atoms with Crippen LogP contribution < -0.4 is 5.73 Å². The highest BCUT2D eigenvalue weighted by molar-refractivity contribution is 5.18. The van der Waals surface area contributed by atoms with E-state index in [1.807, 2.05) is 12.5 Å². The third-order valence-corrected chi connectivity index (χ3v) is 3.10. The van der Waals surface area contributed by atoms with Gasteiger partial charge in [0.05, 0.1) is 6.33 Å². The molecule has 0 saturated heterocycles. The van der Waals surface area contributed by atoms with E-state index in [1.54, 1.807) is 0 Å². The van der Waals surface area contributed by atoms with Crippen LogP contribution in [0, 0.1) is 5.92 Å². The molecule has 0 radical (unpaired) electrons. The summed E-state index contributed by atoms with van der Waals surface area (Å²) in [6.07, 6.45) is 6.35. The minimum atomic E-state index is 0.324. The van der Waals surface area contributed by atoms with Gasteiger partial charge in [-0.05, 0) is 25.7 Å². The van der Waals surface area contributed by atoms with Crippen molar-refractivity contribution < 1.29 is 0 Å². The lowest BCUT2D eigenvalue weighted by molar-refractivity contribution is 0.598. The van der Waals surface area contributed by atoms with Crippen LogP contribution in [0.3, 0.4) is 0 Å². The molecule has 1 aliphatic rings. The van der Waals surface area contributed by atoms with Crippen molar-refractivity contribution in [2.24, 2.45) is 11.7 Å². The van der Waals surface area contributed by atoms with Crippen molar-refractivity contribution in [2.75, 3.05) is 0 Å². The molecule has 3 atom stereocenters. The molecule has 3 nitrogen and oxygen atoms in total. The Labute approximate surface area is 85.3 Å². The molecule has 2 N–H and O–H groups in total. The highest BCUT2D eigenvalue weighted by Gasteiger charge is 2.42. The van der Waals surface area contributed by atoms with Crippen LogP contribution in [0.5, 0.6) is 0 Å². The van der Waals surface area contributed by atoms with Crippen molar-refractivity contribution in [1.29, 1.82) is 0 Å². The van der Waals surface area contributed by atoms with Crippen LogP contribution in [0.2, 0.25) is 0 Å². The molecule has 3 unspecified atom stereocenters. The molecule has 14 heavy (non-hydrogen) atoms. The summed E-state index contributed by atoms with van der Waals surface area (Å²) in [4.78, 5) is 4.22. The van der Waals surface area contributed by atoms with Crippen molar-refractivity contribution in [3.8, 4) is 0 Å². The number of hydrogen-bond acceptors (Lipinski definition) is 2. The van der Waals surface area contributed by atoms with E-state index in [-0.39, 0.29) is 0 Å². The van der Waals surface area contributed by atoms with E-state index < -0.39 is 0 Å². The first-order chi connectivity index (χ1) is 6.74. The summed E-state index contributed by atoms with van der Waals surface area (Å²) in [5.74, 6) is 1.35. The molecule has 3 heteroatoms. The van der Waals surface area contributed by atoms with E-state index >= 15 is 0 Å².